The number of carbonyl (C=O) groups excluding carboxylic acids is 2. The van der Waals surface area contributed by atoms with Crippen molar-refractivity contribution in [3.63, 3.8) is 0 Å². The van der Waals surface area contributed by atoms with Gasteiger partial charge in [-0.2, -0.15) is 0 Å². The Bertz CT molecular complexity index is 791. The second-order valence-electron chi connectivity index (χ2n) is 6.55. The molecule has 0 fully saturated rings. The Morgan fingerprint density at radius 2 is 2.20 bits per heavy atom. The van der Waals surface area contributed by atoms with E-state index in [0.29, 0.717) is 22.0 Å². The number of nitrogens with one attached hydrogen (secondary N) is 1. The summed E-state index contributed by atoms with van der Waals surface area (Å²) in [5.74, 6) is 0.0865. The number of hydrogen-bond acceptors (Lipinski definition) is 5. The number of anilines is 1. The summed E-state index contributed by atoms with van der Waals surface area (Å²) in [6.07, 6.45) is 4.93. The largest absolute Gasteiger partial charge is 0.465 e. The van der Waals surface area contributed by atoms with Crippen molar-refractivity contribution in [2.24, 2.45) is 5.92 Å². The van der Waals surface area contributed by atoms with Crippen molar-refractivity contribution in [2.75, 3.05) is 12.4 Å². The van der Waals surface area contributed by atoms with Crippen LogP contribution in [-0.2, 0) is 24.0 Å². The van der Waals surface area contributed by atoms with E-state index in [4.69, 9.17) is 4.74 Å². The lowest BCUT2D eigenvalue weighted by atomic mass is 9.88. The van der Waals surface area contributed by atoms with E-state index in [1.54, 1.807) is 11.3 Å². The molecule has 1 N–H and O–H groups in total. The van der Waals surface area contributed by atoms with Crippen LogP contribution in [0.25, 0.3) is 0 Å². The zero-order chi connectivity index (χ0) is 18.0. The number of thiophene rings is 2. The summed E-state index contributed by atoms with van der Waals surface area (Å²) in [6, 6.07) is 1.94. The molecule has 4 nitrogen and oxygen atoms in total. The molecular formula is C19H23NO3S2. The summed E-state index contributed by atoms with van der Waals surface area (Å²) >= 11 is 3.13. The van der Waals surface area contributed by atoms with Gasteiger partial charge in [-0.3, -0.25) is 4.79 Å². The summed E-state index contributed by atoms with van der Waals surface area (Å²) in [7, 11) is 1.39. The number of fused-ring (bicyclic) bond motifs is 1. The number of ether oxygens (including phenoxy) is 1. The summed E-state index contributed by atoms with van der Waals surface area (Å²) in [5.41, 5.74) is 2.26. The molecule has 0 saturated heterocycles. The zero-order valence-electron chi connectivity index (χ0n) is 14.8. The predicted octanol–water partition coefficient (Wildman–Crippen LogP) is 4.93. The Morgan fingerprint density at radius 1 is 1.40 bits per heavy atom. The monoisotopic (exact) mass is 377 g/mol. The average molecular weight is 378 g/mol. The van der Waals surface area contributed by atoms with Crippen molar-refractivity contribution in [2.45, 2.75) is 46.0 Å². The van der Waals surface area contributed by atoms with Crippen LogP contribution in [-0.4, -0.2) is 19.0 Å². The van der Waals surface area contributed by atoms with Gasteiger partial charge in [0, 0.05) is 15.1 Å². The molecular weight excluding hydrogens is 354 g/mol. The third kappa shape index (κ3) is 3.80. The van der Waals surface area contributed by atoms with E-state index in [1.165, 1.54) is 28.2 Å². The zero-order valence-corrected chi connectivity index (χ0v) is 16.4. The van der Waals surface area contributed by atoms with Crippen LogP contribution < -0.4 is 5.32 Å². The third-order valence-corrected chi connectivity index (χ3v) is 6.71. The van der Waals surface area contributed by atoms with E-state index < -0.39 is 0 Å². The molecule has 0 radical (unpaired) electrons. The Kier molecular flexibility index (Phi) is 5.59. The highest BCUT2D eigenvalue weighted by Gasteiger charge is 2.29. The van der Waals surface area contributed by atoms with Crippen molar-refractivity contribution in [1.29, 1.82) is 0 Å². The summed E-state index contributed by atoms with van der Waals surface area (Å²) in [5, 5.41) is 5.46. The molecule has 134 valence electrons. The molecule has 1 aliphatic rings. The number of aryl methyl sites for hydroxylation is 1. The molecule has 1 aliphatic carbocycles. The first-order chi connectivity index (χ1) is 12.0. The molecule has 0 aliphatic heterocycles. The van der Waals surface area contributed by atoms with Crippen LogP contribution in [0.15, 0.2) is 11.4 Å². The molecule has 25 heavy (non-hydrogen) atoms. The van der Waals surface area contributed by atoms with Gasteiger partial charge < -0.3 is 10.1 Å². The summed E-state index contributed by atoms with van der Waals surface area (Å²) in [4.78, 5) is 27.3. The topological polar surface area (TPSA) is 55.4 Å². The molecule has 0 bridgehead atoms. The Balaban J connectivity index is 1.88. The van der Waals surface area contributed by atoms with Crippen LogP contribution in [0, 0.1) is 5.92 Å². The van der Waals surface area contributed by atoms with Gasteiger partial charge in [-0.1, -0.05) is 20.3 Å². The minimum absolute atomic E-state index is 0.157. The number of rotatable bonds is 5. The second-order valence-corrected chi connectivity index (χ2v) is 8.65. The lowest BCUT2D eigenvalue weighted by Gasteiger charge is -2.18. The van der Waals surface area contributed by atoms with E-state index in [1.807, 2.05) is 11.4 Å². The highest BCUT2D eigenvalue weighted by molar-refractivity contribution is 7.17. The molecule has 2 heterocycles. The second kappa shape index (κ2) is 7.70. The van der Waals surface area contributed by atoms with E-state index in [0.717, 1.165) is 37.7 Å². The maximum Gasteiger partial charge on any atom is 0.341 e. The average Bonchev–Trinajstić information content (AvgIpc) is 3.18. The van der Waals surface area contributed by atoms with E-state index >= 15 is 0 Å². The molecule has 3 rings (SSSR count). The van der Waals surface area contributed by atoms with Crippen LogP contribution in [0.2, 0.25) is 0 Å². The van der Waals surface area contributed by atoms with Gasteiger partial charge in [-0.05, 0) is 43.2 Å². The molecule has 1 amide bonds. The van der Waals surface area contributed by atoms with Gasteiger partial charge in [0.05, 0.1) is 18.2 Å². The normalized spacial score (nSPS) is 16.4. The Morgan fingerprint density at radius 3 is 2.92 bits per heavy atom. The summed E-state index contributed by atoms with van der Waals surface area (Å²) in [6.45, 7) is 4.35. The minimum Gasteiger partial charge on any atom is -0.465 e. The van der Waals surface area contributed by atoms with Gasteiger partial charge in [-0.15, -0.1) is 22.7 Å². The van der Waals surface area contributed by atoms with E-state index in [-0.39, 0.29) is 11.9 Å². The molecule has 1 atom stereocenters. The maximum absolute atomic E-state index is 12.6. The highest BCUT2D eigenvalue weighted by Crippen LogP contribution is 2.40. The van der Waals surface area contributed by atoms with Crippen LogP contribution in [0.4, 0.5) is 5.00 Å². The van der Waals surface area contributed by atoms with Crippen molar-refractivity contribution in [1.82, 2.24) is 0 Å². The first-order valence-electron chi connectivity index (χ1n) is 8.65. The van der Waals surface area contributed by atoms with Crippen LogP contribution in [0.3, 0.4) is 0 Å². The lowest BCUT2D eigenvalue weighted by molar-refractivity contribution is 0.0601. The fourth-order valence-corrected chi connectivity index (χ4v) is 5.57. The fourth-order valence-electron chi connectivity index (χ4n) is 3.21. The third-order valence-electron chi connectivity index (χ3n) is 4.54. The van der Waals surface area contributed by atoms with E-state index in [9.17, 15) is 9.59 Å². The number of hydrogen-bond donors (Lipinski definition) is 1. The maximum atomic E-state index is 12.6. The Hall–Kier alpha value is -1.66. The first-order valence-corrected chi connectivity index (χ1v) is 10.3. The van der Waals surface area contributed by atoms with Gasteiger partial charge in [-0.25, -0.2) is 4.79 Å². The number of amides is 1. The molecule has 0 spiro atoms. The molecule has 0 unspecified atom stereocenters. The van der Waals surface area contributed by atoms with Crippen molar-refractivity contribution < 1.29 is 14.3 Å². The van der Waals surface area contributed by atoms with Gasteiger partial charge in [0.1, 0.15) is 5.00 Å². The minimum atomic E-state index is -0.362. The first kappa shape index (κ1) is 18.1. The van der Waals surface area contributed by atoms with Gasteiger partial charge >= 0.3 is 5.97 Å². The molecule has 2 aromatic heterocycles. The van der Waals surface area contributed by atoms with Crippen LogP contribution >= 0.6 is 22.7 Å². The van der Waals surface area contributed by atoms with Crippen molar-refractivity contribution >= 4 is 39.6 Å². The predicted molar refractivity (Wildman–Crippen MR) is 103 cm³/mol. The Labute approximate surface area is 156 Å². The van der Waals surface area contributed by atoms with Gasteiger partial charge in [0.15, 0.2) is 0 Å². The SMILES string of the molecule is CCCc1cc(C(=O)Nc2sc3c(c2C(=O)OC)CC[C@@H](C)C3)cs1. The van der Waals surface area contributed by atoms with Crippen molar-refractivity contribution in [3.05, 3.63) is 37.9 Å². The number of methoxy groups -OCH3 is 1. The van der Waals surface area contributed by atoms with Crippen LogP contribution in [0.5, 0.6) is 0 Å². The summed E-state index contributed by atoms with van der Waals surface area (Å²) < 4.78 is 4.97. The smallest absolute Gasteiger partial charge is 0.341 e. The molecule has 0 saturated carbocycles. The molecule has 0 aromatic carbocycles. The molecule has 6 heteroatoms. The standard InChI is InChI=1S/C19H23NO3S2/c1-4-5-13-9-12(10-24-13)17(21)20-18-16(19(22)23-3)14-7-6-11(2)8-15(14)25-18/h9-11H,4-8H2,1-3H3,(H,20,21)/t11-/m1/s1. The molecule has 2 aromatic rings. The quantitative estimate of drug-likeness (QED) is 0.752. The number of esters is 1. The van der Waals surface area contributed by atoms with Crippen LogP contribution in [0.1, 0.15) is 62.7 Å². The lowest BCUT2D eigenvalue weighted by Crippen LogP contribution is -2.15. The van der Waals surface area contributed by atoms with Gasteiger partial charge in [0.25, 0.3) is 5.91 Å². The highest BCUT2D eigenvalue weighted by atomic mass is 32.1. The number of carbonyl (C=O) groups is 2. The van der Waals surface area contributed by atoms with E-state index in [2.05, 4.69) is 19.2 Å². The van der Waals surface area contributed by atoms with Gasteiger partial charge in [0.2, 0.25) is 0 Å². The fraction of sp³-hybridized carbons (Fsp3) is 0.474. The van der Waals surface area contributed by atoms with Crippen molar-refractivity contribution in [3.8, 4) is 0 Å².